The molecule has 0 aliphatic rings. The standard InChI is InChI=1S/C22H24F3NO3S2/c1-20(2,3)31(28)26-21(4,12-19(27)29-5)13-6-8-17-15(10-13)16-11-14(22(23,24)25)7-9-18(16)30-17/h6-11,26H,12H2,1-5H3/t21-,31+/m0/s1. The van der Waals surface area contributed by atoms with Crippen LogP contribution in [0, 0.1) is 0 Å². The molecule has 0 aliphatic carbocycles. The highest BCUT2D eigenvalue weighted by Crippen LogP contribution is 2.40. The summed E-state index contributed by atoms with van der Waals surface area (Å²) < 4.78 is 61.4. The highest BCUT2D eigenvalue weighted by molar-refractivity contribution is 7.90. The fourth-order valence-corrected chi connectivity index (χ4v) is 5.18. The molecule has 0 bridgehead atoms. The number of halogens is 3. The molecule has 1 N–H and O–H groups in total. The Morgan fingerprint density at radius 1 is 1.03 bits per heavy atom. The molecule has 0 radical (unpaired) electrons. The van der Waals surface area contributed by atoms with Gasteiger partial charge in [-0.1, -0.05) is 6.07 Å². The van der Waals surface area contributed by atoms with E-state index in [9.17, 15) is 22.5 Å². The minimum atomic E-state index is -4.44. The van der Waals surface area contributed by atoms with E-state index < -0.39 is 39.4 Å². The van der Waals surface area contributed by atoms with E-state index in [0.717, 1.165) is 21.5 Å². The quantitative estimate of drug-likeness (QED) is 0.372. The zero-order chi connectivity index (χ0) is 23.2. The fraction of sp³-hybridized carbons (Fsp3) is 0.409. The summed E-state index contributed by atoms with van der Waals surface area (Å²) in [5.74, 6) is -0.490. The predicted octanol–water partition coefficient (Wildman–Crippen LogP) is 5.90. The molecule has 31 heavy (non-hydrogen) atoms. The molecular formula is C22H24F3NO3S2. The van der Waals surface area contributed by atoms with E-state index in [1.54, 1.807) is 19.1 Å². The van der Waals surface area contributed by atoms with Crippen molar-refractivity contribution in [3.8, 4) is 0 Å². The summed E-state index contributed by atoms with van der Waals surface area (Å²) in [6, 6.07) is 9.09. The molecule has 9 heteroatoms. The van der Waals surface area contributed by atoms with Crippen LogP contribution < -0.4 is 4.72 Å². The Kier molecular flexibility index (Phi) is 6.36. The van der Waals surface area contributed by atoms with Crippen LogP contribution in [0.5, 0.6) is 0 Å². The van der Waals surface area contributed by atoms with Crippen LogP contribution in [0.15, 0.2) is 36.4 Å². The lowest BCUT2D eigenvalue weighted by Gasteiger charge is -2.34. The van der Waals surface area contributed by atoms with E-state index in [4.69, 9.17) is 4.74 Å². The number of rotatable bonds is 5. The van der Waals surface area contributed by atoms with Gasteiger partial charge in [-0.3, -0.25) is 4.79 Å². The zero-order valence-corrected chi connectivity index (χ0v) is 19.5. The summed E-state index contributed by atoms with van der Waals surface area (Å²) in [6.07, 6.45) is -4.53. The maximum Gasteiger partial charge on any atom is 0.416 e. The number of alkyl halides is 3. The molecule has 3 rings (SSSR count). The highest BCUT2D eigenvalue weighted by Gasteiger charge is 2.39. The third-order valence-electron chi connectivity index (χ3n) is 5.03. The van der Waals surface area contributed by atoms with Crippen molar-refractivity contribution >= 4 is 48.8 Å². The van der Waals surface area contributed by atoms with Crippen LogP contribution in [0.1, 0.15) is 45.2 Å². The Balaban J connectivity index is 2.16. The van der Waals surface area contributed by atoms with Crippen LogP contribution in [-0.4, -0.2) is 22.4 Å². The van der Waals surface area contributed by atoms with Crippen LogP contribution in [0.4, 0.5) is 13.2 Å². The van der Waals surface area contributed by atoms with Crippen molar-refractivity contribution < 1.29 is 27.3 Å². The van der Waals surface area contributed by atoms with Crippen LogP contribution in [0.25, 0.3) is 20.2 Å². The third kappa shape index (κ3) is 5.00. The molecule has 0 fully saturated rings. The van der Waals surface area contributed by atoms with Crippen LogP contribution in [0.2, 0.25) is 0 Å². The topological polar surface area (TPSA) is 61.4 Å². The molecule has 0 amide bonds. The monoisotopic (exact) mass is 471 g/mol. The predicted molar refractivity (Wildman–Crippen MR) is 119 cm³/mol. The van der Waals surface area contributed by atoms with Gasteiger partial charge in [0.05, 0.1) is 24.6 Å². The van der Waals surface area contributed by atoms with Gasteiger partial charge in [0.15, 0.2) is 0 Å². The molecule has 2 aromatic carbocycles. The molecule has 4 nitrogen and oxygen atoms in total. The molecule has 168 valence electrons. The summed E-state index contributed by atoms with van der Waals surface area (Å²) in [7, 11) is 1.28. The SMILES string of the molecule is COC(=O)C[C@](C)(N[S@+]([O-])C(C)(C)C)c1ccc2sc3ccc(C(F)(F)F)cc3c2c1. The molecule has 0 saturated carbocycles. The van der Waals surface area contributed by atoms with Crippen molar-refractivity contribution in [3.63, 3.8) is 0 Å². The minimum absolute atomic E-state index is 0.0906. The first-order chi connectivity index (χ1) is 14.2. The number of benzene rings is 2. The summed E-state index contributed by atoms with van der Waals surface area (Å²) >= 11 is -0.0987. The lowest BCUT2D eigenvalue weighted by Crippen LogP contribution is -2.50. The second kappa shape index (κ2) is 8.27. The number of thiophene rings is 1. The fourth-order valence-electron chi connectivity index (χ4n) is 3.21. The van der Waals surface area contributed by atoms with E-state index in [0.29, 0.717) is 16.3 Å². The van der Waals surface area contributed by atoms with Gasteiger partial charge in [-0.05, 0) is 63.6 Å². The number of carbonyl (C=O) groups is 1. The largest absolute Gasteiger partial charge is 0.598 e. The first kappa shape index (κ1) is 23.8. The minimum Gasteiger partial charge on any atom is -0.598 e. The van der Waals surface area contributed by atoms with E-state index in [1.165, 1.54) is 24.5 Å². The number of fused-ring (bicyclic) bond motifs is 3. The lowest BCUT2D eigenvalue weighted by atomic mass is 9.89. The number of nitrogens with one attached hydrogen (secondary N) is 1. The van der Waals surface area contributed by atoms with Crippen molar-refractivity contribution in [1.29, 1.82) is 0 Å². The van der Waals surface area contributed by atoms with Gasteiger partial charge >= 0.3 is 12.1 Å². The van der Waals surface area contributed by atoms with Crippen molar-refractivity contribution in [2.45, 2.75) is 50.6 Å². The maximum absolute atomic E-state index is 13.2. The second-order valence-electron chi connectivity index (χ2n) is 8.59. The van der Waals surface area contributed by atoms with Crippen molar-refractivity contribution in [3.05, 3.63) is 47.5 Å². The summed E-state index contributed by atoms with van der Waals surface area (Å²) in [6.45, 7) is 7.17. The van der Waals surface area contributed by atoms with Gasteiger partial charge in [0.2, 0.25) is 0 Å². The third-order valence-corrected chi connectivity index (χ3v) is 7.93. The highest BCUT2D eigenvalue weighted by atomic mass is 32.2. The first-order valence-corrected chi connectivity index (χ1v) is 11.5. The van der Waals surface area contributed by atoms with Crippen molar-refractivity contribution in [1.82, 2.24) is 4.72 Å². The van der Waals surface area contributed by atoms with Crippen LogP contribution in [-0.2, 0) is 32.6 Å². The molecule has 1 aromatic heterocycles. The Bertz CT molecular complexity index is 1120. The van der Waals surface area contributed by atoms with Gasteiger partial charge in [0.1, 0.15) is 4.75 Å². The lowest BCUT2D eigenvalue weighted by molar-refractivity contribution is -0.142. The Labute approximate surface area is 186 Å². The molecule has 0 unspecified atom stereocenters. The van der Waals surface area contributed by atoms with E-state index in [1.807, 2.05) is 26.8 Å². The first-order valence-electron chi connectivity index (χ1n) is 9.55. The number of esters is 1. The molecule has 3 aromatic rings. The number of hydrogen-bond acceptors (Lipinski definition) is 5. The zero-order valence-electron chi connectivity index (χ0n) is 17.8. The molecule has 0 saturated heterocycles. The van der Waals surface area contributed by atoms with E-state index in [2.05, 4.69) is 4.72 Å². The van der Waals surface area contributed by atoms with Crippen molar-refractivity contribution in [2.75, 3.05) is 7.11 Å². The molecule has 2 atom stereocenters. The van der Waals surface area contributed by atoms with Gasteiger partial charge in [0.25, 0.3) is 0 Å². The molecular weight excluding hydrogens is 447 g/mol. The van der Waals surface area contributed by atoms with E-state index in [-0.39, 0.29) is 6.42 Å². The van der Waals surface area contributed by atoms with Gasteiger partial charge in [0, 0.05) is 31.5 Å². The Morgan fingerprint density at radius 3 is 2.03 bits per heavy atom. The molecule has 1 heterocycles. The average molecular weight is 472 g/mol. The van der Waals surface area contributed by atoms with E-state index >= 15 is 0 Å². The smallest absolute Gasteiger partial charge is 0.416 e. The van der Waals surface area contributed by atoms with Crippen LogP contribution >= 0.6 is 11.3 Å². The number of ether oxygens (including phenoxy) is 1. The van der Waals surface area contributed by atoms with Gasteiger partial charge in [-0.15, -0.1) is 16.1 Å². The Morgan fingerprint density at radius 2 is 1.55 bits per heavy atom. The maximum atomic E-state index is 13.2. The average Bonchev–Trinajstić information content (AvgIpc) is 3.03. The molecule has 0 spiro atoms. The normalized spacial score (nSPS) is 15.8. The van der Waals surface area contributed by atoms with Gasteiger partial charge < -0.3 is 9.29 Å². The van der Waals surface area contributed by atoms with Crippen molar-refractivity contribution in [2.24, 2.45) is 0 Å². The number of hydrogen-bond donors (Lipinski definition) is 1. The summed E-state index contributed by atoms with van der Waals surface area (Å²) in [5.41, 5.74) is -1.12. The number of methoxy groups -OCH3 is 1. The summed E-state index contributed by atoms with van der Waals surface area (Å²) in [4.78, 5) is 12.1. The van der Waals surface area contributed by atoms with Crippen LogP contribution in [0.3, 0.4) is 0 Å². The van der Waals surface area contributed by atoms with Gasteiger partial charge in [-0.25, -0.2) is 0 Å². The molecule has 0 aliphatic heterocycles. The summed E-state index contributed by atoms with van der Waals surface area (Å²) in [5, 5.41) is 1.15. The second-order valence-corrected chi connectivity index (χ2v) is 11.6. The number of carbonyl (C=O) groups excluding carboxylic acids is 1. The van der Waals surface area contributed by atoms with Gasteiger partial charge in [-0.2, -0.15) is 13.2 Å². The Hall–Kier alpha value is -1.81.